The first-order chi connectivity index (χ1) is 14.4. The number of amides is 1. The highest BCUT2D eigenvalue weighted by atomic mass is 35.5. The summed E-state index contributed by atoms with van der Waals surface area (Å²) in [5.74, 6) is -0.127. The second kappa shape index (κ2) is 8.05. The van der Waals surface area contributed by atoms with E-state index in [1.807, 2.05) is 32.3 Å². The van der Waals surface area contributed by atoms with E-state index in [0.717, 1.165) is 48.3 Å². The summed E-state index contributed by atoms with van der Waals surface area (Å²) in [7, 11) is 1.85. The fourth-order valence-corrected chi connectivity index (χ4v) is 4.63. The first-order valence-corrected chi connectivity index (χ1v) is 10.3. The van der Waals surface area contributed by atoms with Crippen LogP contribution in [0.5, 0.6) is 0 Å². The molecule has 3 aromatic rings. The zero-order valence-corrected chi connectivity index (χ0v) is 18.3. The maximum Gasteiger partial charge on any atom is 0.242 e. The molecular formula is C23H25ClFN5O. The summed E-state index contributed by atoms with van der Waals surface area (Å²) >= 11 is 0. The van der Waals surface area contributed by atoms with Gasteiger partial charge in [-0.2, -0.15) is 5.10 Å². The lowest BCUT2D eigenvalue weighted by Gasteiger charge is -2.23. The Morgan fingerprint density at radius 3 is 2.77 bits per heavy atom. The van der Waals surface area contributed by atoms with Crippen molar-refractivity contribution in [3.8, 4) is 16.8 Å². The monoisotopic (exact) mass is 441 g/mol. The van der Waals surface area contributed by atoms with Gasteiger partial charge in [-0.15, -0.1) is 12.4 Å². The molecule has 1 amide bonds. The molecule has 31 heavy (non-hydrogen) atoms. The number of pyridine rings is 1. The van der Waals surface area contributed by atoms with Crippen molar-refractivity contribution in [2.24, 2.45) is 0 Å². The van der Waals surface area contributed by atoms with E-state index in [1.165, 1.54) is 6.07 Å². The number of likely N-dealkylation sites (N-methyl/N-ethyl adjacent to an activating group) is 1. The third-order valence-corrected chi connectivity index (χ3v) is 6.32. The lowest BCUT2D eigenvalue weighted by Crippen LogP contribution is -2.47. The third kappa shape index (κ3) is 3.72. The first-order valence-electron chi connectivity index (χ1n) is 10.3. The van der Waals surface area contributed by atoms with E-state index in [4.69, 9.17) is 0 Å². The van der Waals surface area contributed by atoms with Gasteiger partial charge in [-0.05, 0) is 67.6 Å². The van der Waals surface area contributed by atoms with Crippen molar-refractivity contribution in [2.45, 2.75) is 37.8 Å². The van der Waals surface area contributed by atoms with Crippen molar-refractivity contribution < 1.29 is 9.18 Å². The maximum absolute atomic E-state index is 14.7. The number of carbonyl (C=O) groups excluding carboxylic acids is 1. The molecule has 2 atom stereocenters. The van der Waals surface area contributed by atoms with E-state index >= 15 is 0 Å². The zero-order chi connectivity index (χ0) is 20.9. The smallest absolute Gasteiger partial charge is 0.242 e. The zero-order valence-electron chi connectivity index (χ0n) is 17.5. The van der Waals surface area contributed by atoms with Crippen molar-refractivity contribution >= 4 is 18.3 Å². The molecule has 0 unspecified atom stereocenters. The van der Waals surface area contributed by atoms with Crippen molar-refractivity contribution in [1.29, 1.82) is 0 Å². The van der Waals surface area contributed by atoms with Gasteiger partial charge in [-0.3, -0.25) is 15.1 Å². The predicted molar refractivity (Wildman–Crippen MR) is 119 cm³/mol. The summed E-state index contributed by atoms with van der Waals surface area (Å²) in [4.78, 5) is 18.9. The summed E-state index contributed by atoms with van der Waals surface area (Å²) in [5.41, 5.74) is 3.48. The predicted octanol–water partition coefficient (Wildman–Crippen LogP) is 3.83. The Labute approximate surface area is 186 Å². The van der Waals surface area contributed by atoms with Gasteiger partial charge >= 0.3 is 0 Å². The van der Waals surface area contributed by atoms with Crippen LogP contribution in [0.4, 0.5) is 4.39 Å². The molecule has 162 valence electrons. The average molecular weight is 442 g/mol. The standard InChI is InChI=1S/C23H24FN5O.ClH/c1-15-13-26-29(14-15)17-3-4-19(24)18(12-17)16-6-9-25-21(11-16)20-5-7-23(27-20)8-10-28(2)22(23)30;/h3-4,6,9,11-14,20,27H,5,7-8,10H2,1-2H3;1H/t20-,23+;/m1./s1. The molecule has 6 nitrogen and oxygen atoms in total. The van der Waals surface area contributed by atoms with E-state index in [9.17, 15) is 9.18 Å². The number of hydrogen-bond acceptors (Lipinski definition) is 4. The van der Waals surface area contributed by atoms with Gasteiger partial charge in [0.05, 0.1) is 23.6 Å². The highest BCUT2D eigenvalue weighted by Crippen LogP contribution is 2.39. The lowest BCUT2D eigenvalue weighted by atomic mass is 9.96. The number of rotatable bonds is 3. The van der Waals surface area contributed by atoms with Gasteiger partial charge in [-0.1, -0.05) is 0 Å². The minimum Gasteiger partial charge on any atom is -0.344 e. The van der Waals surface area contributed by atoms with Crippen LogP contribution in [0.25, 0.3) is 16.8 Å². The molecular weight excluding hydrogens is 417 g/mol. The van der Waals surface area contributed by atoms with E-state index in [0.29, 0.717) is 5.56 Å². The highest BCUT2D eigenvalue weighted by Gasteiger charge is 2.50. The average Bonchev–Trinajstić information content (AvgIpc) is 3.45. The molecule has 4 heterocycles. The van der Waals surface area contributed by atoms with Crippen LogP contribution in [0.2, 0.25) is 0 Å². The van der Waals surface area contributed by atoms with Crippen LogP contribution >= 0.6 is 12.4 Å². The summed E-state index contributed by atoms with van der Waals surface area (Å²) < 4.78 is 16.4. The van der Waals surface area contributed by atoms with Gasteiger partial charge in [0.2, 0.25) is 5.91 Å². The molecule has 0 radical (unpaired) electrons. The number of benzene rings is 1. The van der Waals surface area contributed by atoms with Crippen molar-refractivity contribution in [3.63, 3.8) is 0 Å². The third-order valence-electron chi connectivity index (χ3n) is 6.32. The molecule has 0 bridgehead atoms. The van der Waals surface area contributed by atoms with Gasteiger partial charge in [0.25, 0.3) is 0 Å². The molecule has 2 fully saturated rings. The summed E-state index contributed by atoms with van der Waals surface area (Å²) in [6.45, 7) is 2.74. The number of aromatic nitrogens is 3. The largest absolute Gasteiger partial charge is 0.344 e. The van der Waals surface area contributed by atoms with E-state index in [1.54, 1.807) is 34.1 Å². The molecule has 1 N–H and O–H groups in total. The van der Waals surface area contributed by atoms with Crippen molar-refractivity contribution in [3.05, 3.63) is 66.0 Å². The molecule has 2 aromatic heterocycles. The molecule has 0 aliphatic carbocycles. The number of carbonyl (C=O) groups is 1. The molecule has 0 saturated carbocycles. The van der Waals surface area contributed by atoms with Crippen LogP contribution in [0.15, 0.2) is 48.9 Å². The molecule has 2 aliphatic heterocycles. The van der Waals surface area contributed by atoms with Crippen LogP contribution in [-0.4, -0.2) is 44.7 Å². The van der Waals surface area contributed by atoms with Gasteiger partial charge in [-0.25, -0.2) is 9.07 Å². The van der Waals surface area contributed by atoms with Crippen molar-refractivity contribution in [2.75, 3.05) is 13.6 Å². The van der Waals surface area contributed by atoms with Gasteiger partial charge in [0, 0.05) is 31.5 Å². The van der Waals surface area contributed by atoms with Crippen LogP contribution in [0, 0.1) is 12.7 Å². The number of hydrogen-bond donors (Lipinski definition) is 1. The quantitative estimate of drug-likeness (QED) is 0.671. The molecule has 2 saturated heterocycles. The second-order valence-corrected chi connectivity index (χ2v) is 8.39. The number of halogens is 2. The van der Waals surface area contributed by atoms with E-state index in [-0.39, 0.29) is 30.2 Å². The van der Waals surface area contributed by atoms with Gasteiger partial charge in [0.15, 0.2) is 0 Å². The molecule has 1 aromatic carbocycles. The van der Waals surface area contributed by atoms with Crippen LogP contribution in [0.1, 0.15) is 36.6 Å². The SMILES string of the molecule is Cc1cnn(-c2ccc(F)c(-c3ccnc([C@H]4CC[C@@]5(CCN(C)C5=O)N4)c3)c2)c1.Cl. The Morgan fingerprint density at radius 2 is 2.06 bits per heavy atom. The summed E-state index contributed by atoms with van der Waals surface area (Å²) in [6.07, 6.45) is 7.85. The number of aryl methyl sites for hydroxylation is 1. The fraction of sp³-hybridized carbons (Fsp3) is 0.348. The molecule has 5 rings (SSSR count). The Hall–Kier alpha value is -2.77. The number of likely N-dealkylation sites (tertiary alicyclic amines) is 1. The Bertz CT molecular complexity index is 1130. The normalized spacial score (nSPS) is 22.9. The number of nitrogens with zero attached hydrogens (tertiary/aromatic N) is 4. The van der Waals surface area contributed by atoms with Gasteiger partial charge < -0.3 is 4.90 Å². The first kappa shape index (κ1) is 21.5. The van der Waals surface area contributed by atoms with Gasteiger partial charge in [0.1, 0.15) is 11.4 Å². The topological polar surface area (TPSA) is 63.1 Å². The van der Waals surface area contributed by atoms with Crippen molar-refractivity contribution in [1.82, 2.24) is 25.0 Å². The molecule has 2 aliphatic rings. The van der Waals surface area contributed by atoms with Crippen LogP contribution < -0.4 is 5.32 Å². The molecule has 1 spiro atoms. The molecule has 8 heteroatoms. The Kier molecular flexibility index (Phi) is 5.58. The van der Waals surface area contributed by atoms with E-state index < -0.39 is 5.54 Å². The lowest BCUT2D eigenvalue weighted by molar-refractivity contribution is -0.131. The highest BCUT2D eigenvalue weighted by molar-refractivity contribution is 5.88. The van der Waals surface area contributed by atoms with Crippen LogP contribution in [0.3, 0.4) is 0 Å². The maximum atomic E-state index is 14.7. The summed E-state index contributed by atoms with van der Waals surface area (Å²) in [6, 6.07) is 8.73. The Morgan fingerprint density at radius 1 is 1.23 bits per heavy atom. The second-order valence-electron chi connectivity index (χ2n) is 8.39. The van der Waals surface area contributed by atoms with E-state index in [2.05, 4.69) is 15.4 Å². The fourth-order valence-electron chi connectivity index (χ4n) is 4.63. The minimum absolute atomic E-state index is 0. The minimum atomic E-state index is -0.472. The Balaban J connectivity index is 0.00000231. The summed E-state index contributed by atoms with van der Waals surface area (Å²) in [5, 5.41) is 7.86. The van der Waals surface area contributed by atoms with Crippen LogP contribution in [-0.2, 0) is 4.79 Å². The number of nitrogens with one attached hydrogen (secondary N) is 1.